The average Bonchev–Trinajstić information content (AvgIpc) is 2.30. The van der Waals surface area contributed by atoms with Gasteiger partial charge in [-0.2, -0.15) is 5.26 Å². The summed E-state index contributed by atoms with van der Waals surface area (Å²) in [6, 6.07) is 11.8. The lowest BCUT2D eigenvalue weighted by Crippen LogP contribution is -2.11. The van der Waals surface area contributed by atoms with Gasteiger partial charge in [0, 0.05) is 6.42 Å². The predicted molar refractivity (Wildman–Crippen MR) is 68.3 cm³/mol. The fourth-order valence-electron chi connectivity index (χ4n) is 1.61. The number of aryl methyl sites for hydroxylation is 1. The molecule has 92 valence electrons. The van der Waals surface area contributed by atoms with E-state index in [2.05, 4.69) is 0 Å². The number of nitrogens with zero attached hydrogens (tertiary/aromatic N) is 1. The van der Waals surface area contributed by atoms with Crippen LogP contribution in [0.2, 0.25) is 0 Å². The van der Waals surface area contributed by atoms with E-state index >= 15 is 0 Å². The van der Waals surface area contributed by atoms with E-state index in [4.69, 9.17) is 5.26 Å². The molecule has 0 unspecified atom stereocenters. The SMILES string of the molecule is N#CCCCS(=O)(=O)CCCc1ccccc1. The Hall–Kier alpha value is -1.34. The minimum absolute atomic E-state index is 0.134. The van der Waals surface area contributed by atoms with Crippen LogP contribution in [0.1, 0.15) is 24.8 Å². The van der Waals surface area contributed by atoms with Crippen LogP contribution in [0.25, 0.3) is 0 Å². The van der Waals surface area contributed by atoms with Crippen molar-refractivity contribution in [2.75, 3.05) is 11.5 Å². The molecule has 0 saturated carbocycles. The highest BCUT2D eigenvalue weighted by Crippen LogP contribution is 2.05. The maximum absolute atomic E-state index is 11.6. The Labute approximate surface area is 103 Å². The van der Waals surface area contributed by atoms with Gasteiger partial charge in [-0.15, -0.1) is 0 Å². The fraction of sp³-hybridized carbons (Fsp3) is 0.462. The summed E-state index contributed by atoms with van der Waals surface area (Å²) in [7, 11) is -2.98. The van der Waals surface area contributed by atoms with Crippen molar-refractivity contribution in [3.8, 4) is 6.07 Å². The maximum atomic E-state index is 11.6. The normalized spacial score (nSPS) is 11.0. The van der Waals surface area contributed by atoms with Gasteiger partial charge in [-0.3, -0.25) is 0 Å². The molecular formula is C13H17NO2S. The van der Waals surface area contributed by atoms with Gasteiger partial charge in [0.25, 0.3) is 0 Å². The zero-order valence-corrected chi connectivity index (χ0v) is 10.6. The standard InChI is InChI=1S/C13H17NO2S/c14-10-4-5-11-17(15,16)12-6-9-13-7-2-1-3-8-13/h1-3,7-8H,4-6,9,11-12H2. The predicted octanol–water partition coefficient (Wildman–Crippen LogP) is 2.34. The summed E-state index contributed by atoms with van der Waals surface area (Å²) < 4.78 is 23.2. The monoisotopic (exact) mass is 251 g/mol. The van der Waals surface area contributed by atoms with Crippen LogP contribution in [0, 0.1) is 11.3 Å². The second kappa shape index (κ2) is 7.08. The number of sulfone groups is 1. The van der Waals surface area contributed by atoms with Gasteiger partial charge in [0.15, 0.2) is 0 Å². The molecule has 0 heterocycles. The Balaban J connectivity index is 2.29. The molecule has 0 radical (unpaired) electrons. The number of rotatable bonds is 7. The molecule has 1 rings (SSSR count). The number of unbranched alkanes of at least 4 members (excludes halogenated alkanes) is 1. The van der Waals surface area contributed by atoms with Gasteiger partial charge in [0.2, 0.25) is 0 Å². The molecule has 0 spiro atoms. The lowest BCUT2D eigenvalue weighted by Gasteiger charge is -2.03. The Kier molecular flexibility index (Phi) is 5.71. The van der Waals surface area contributed by atoms with Crippen LogP contribution >= 0.6 is 0 Å². The zero-order valence-electron chi connectivity index (χ0n) is 9.80. The molecule has 0 bridgehead atoms. The van der Waals surface area contributed by atoms with Crippen molar-refractivity contribution in [1.82, 2.24) is 0 Å². The van der Waals surface area contributed by atoms with Crippen molar-refractivity contribution < 1.29 is 8.42 Å². The molecule has 3 nitrogen and oxygen atoms in total. The van der Waals surface area contributed by atoms with E-state index < -0.39 is 9.84 Å². The molecule has 0 amide bonds. The molecule has 0 aromatic heterocycles. The topological polar surface area (TPSA) is 57.9 Å². The van der Waals surface area contributed by atoms with Crippen molar-refractivity contribution in [3.05, 3.63) is 35.9 Å². The molecule has 0 saturated heterocycles. The Morgan fingerprint density at radius 1 is 1.06 bits per heavy atom. The van der Waals surface area contributed by atoms with Gasteiger partial charge in [0.05, 0.1) is 17.6 Å². The van der Waals surface area contributed by atoms with E-state index in [1.165, 1.54) is 5.56 Å². The molecule has 0 aliphatic carbocycles. The lowest BCUT2D eigenvalue weighted by atomic mass is 10.1. The molecule has 0 aliphatic heterocycles. The second-order valence-corrected chi connectivity index (χ2v) is 6.31. The molecule has 17 heavy (non-hydrogen) atoms. The summed E-state index contributed by atoms with van der Waals surface area (Å²) in [6.07, 6.45) is 2.21. The minimum Gasteiger partial charge on any atom is -0.229 e. The number of hydrogen-bond acceptors (Lipinski definition) is 3. The number of hydrogen-bond donors (Lipinski definition) is 0. The average molecular weight is 251 g/mol. The Bertz CT molecular complexity index is 460. The molecule has 0 aliphatic rings. The highest BCUT2D eigenvalue weighted by atomic mass is 32.2. The molecular weight excluding hydrogens is 234 g/mol. The van der Waals surface area contributed by atoms with Crippen molar-refractivity contribution in [2.45, 2.75) is 25.7 Å². The highest BCUT2D eigenvalue weighted by molar-refractivity contribution is 7.91. The number of nitriles is 1. The minimum atomic E-state index is -2.98. The maximum Gasteiger partial charge on any atom is 0.150 e. The molecule has 4 heteroatoms. The first-order valence-corrected chi connectivity index (χ1v) is 7.57. The van der Waals surface area contributed by atoms with Gasteiger partial charge >= 0.3 is 0 Å². The fourth-order valence-corrected chi connectivity index (χ4v) is 2.99. The first-order valence-electron chi connectivity index (χ1n) is 5.75. The zero-order chi connectivity index (χ0) is 12.6. The van der Waals surface area contributed by atoms with Crippen LogP contribution in [-0.2, 0) is 16.3 Å². The van der Waals surface area contributed by atoms with Crippen LogP contribution in [0.15, 0.2) is 30.3 Å². The second-order valence-electron chi connectivity index (χ2n) is 4.00. The Morgan fingerprint density at radius 3 is 2.35 bits per heavy atom. The molecule has 0 fully saturated rings. The van der Waals surface area contributed by atoms with Crippen LogP contribution < -0.4 is 0 Å². The summed E-state index contributed by atoms with van der Waals surface area (Å²) >= 11 is 0. The third-order valence-electron chi connectivity index (χ3n) is 2.51. The van der Waals surface area contributed by atoms with Crippen molar-refractivity contribution >= 4 is 9.84 Å². The van der Waals surface area contributed by atoms with E-state index in [-0.39, 0.29) is 11.5 Å². The Morgan fingerprint density at radius 2 is 1.71 bits per heavy atom. The highest BCUT2D eigenvalue weighted by Gasteiger charge is 2.09. The van der Waals surface area contributed by atoms with Gasteiger partial charge in [0.1, 0.15) is 9.84 Å². The van der Waals surface area contributed by atoms with Gasteiger partial charge in [-0.1, -0.05) is 30.3 Å². The van der Waals surface area contributed by atoms with Crippen LogP contribution in [0.5, 0.6) is 0 Å². The lowest BCUT2D eigenvalue weighted by molar-refractivity contribution is 0.591. The third-order valence-corrected chi connectivity index (χ3v) is 4.33. The van der Waals surface area contributed by atoms with Crippen LogP contribution in [-0.4, -0.2) is 19.9 Å². The molecule has 1 aromatic carbocycles. The van der Waals surface area contributed by atoms with Gasteiger partial charge < -0.3 is 0 Å². The largest absolute Gasteiger partial charge is 0.229 e. The van der Waals surface area contributed by atoms with E-state index in [0.717, 1.165) is 6.42 Å². The molecule has 0 N–H and O–H groups in total. The van der Waals surface area contributed by atoms with Crippen LogP contribution in [0.4, 0.5) is 0 Å². The first kappa shape index (κ1) is 13.7. The molecule has 1 aromatic rings. The third kappa shape index (κ3) is 6.08. The number of benzene rings is 1. The van der Waals surface area contributed by atoms with Crippen molar-refractivity contribution in [1.29, 1.82) is 5.26 Å². The summed E-state index contributed by atoms with van der Waals surface area (Å²) in [5.41, 5.74) is 1.17. The van der Waals surface area contributed by atoms with Gasteiger partial charge in [-0.05, 0) is 24.8 Å². The first-order chi connectivity index (χ1) is 8.14. The van der Waals surface area contributed by atoms with Crippen LogP contribution in [0.3, 0.4) is 0 Å². The van der Waals surface area contributed by atoms with E-state index in [0.29, 0.717) is 19.3 Å². The molecule has 0 atom stereocenters. The smallest absolute Gasteiger partial charge is 0.150 e. The summed E-state index contributed by atoms with van der Waals surface area (Å²) in [4.78, 5) is 0. The van der Waals surface area contributed by atoms with Crippen molar-refractivity contribution in [2.24, 2.45) is 0 Å². The summed E-state index contributed by atoms with van der Waals surface area (Å²) in [5.74, 6) is 0.350. The van der Waals surface area contributed by atoms with E-state index in [1.54, 1.807) is 0 Å². The van der Waals surface area contributed by atoms with Gasteiger partial charge in [-0.25, -0.2) is 8.42 Å². The van der Waals surface area contributed by atoms with E-state index in [9.17, 15) is 8.42 Å². The summed E-state index contributed by atoms with van der Waals surface area (Å²) in [5, 5.41) is 8.34. The summed E-state index contributed by atoms with van der Waals surface area (Å²) in [6.45, 7) is 0. The quantitative estimate of drug-likeness (QED) is 0.699. The van der Waals surface area contributed by atoms with E-state index in [1.807, 2.05) is 36.4 Å². The van der Waals surface area contributed by atoms with Crippen molar-refractivity contribution in [3.63, 3.8) is 0 Å².